The Morgan fingerprint density at radius 1 is 1.23 bits per heavy atom. The van der Waals surface area contributed by atoms with E-state index >= 15 is 0 Å². The van der Waals surface area contributed by atoms with E-state index in [0.717, 1.165) is 35.9 Å². The van der Waals surface area contributed by atoms with Gasteiger partial charge in [-0.1, -0.05) is 0 Å². The average Bonchev–Trinajstić information content (AvgIpc) is 3.04. The van der Waals surface area contributed by atoms with Crippen LogP contribution in [0.15, 0.2) is 30.6 Å². The highest BCUT2D eigenvalue weighted by Gasteiger charge is 2.26. The number of piperidine rings is 1. The van der Waals surface area contributed by atoms with E-state index in [1.807, 2.05) is 24.4 Å². The molecule has 3 heterocycles. The van der Waals surface area contributed by atoms with E-state index in [-0.39, 0.29) is 6.04 Å². The fraction of sp³-hybridized carbons (Fsp3) is 0.438. The summed E-state index contributed by atoms with van der Waals surface area (Å²) in [6, 6.07) is 5.91. The third kappa shape index (κ3) is 2.34. The van der Waals surface area contributed by atoms with Crippen molar-refractivity contribution in [2.45, 2.75) is 18.6 Å². The molecule has 4 rings (SSSR count). The second kappa shape index (κ2) is 5.62. The van der Waals surface area contributed by atoms with Crippen molar-refractivity contribution in [3.05, 3.63) is 30.6 Å². The van der Waals surface area contributed by atoms with Gasteiger partial charge in [-0.25, -0.2) is 4.98 Å². The Morgan fingerprint density at radius 2 is 2.09 bits per heavy atom. The molecule has 0 amide bonds. The number of imidazole rings is 1. The molecule has 0 aliphatic carbocycles. The topological polar surface area (TPSA) is 68.5 Å². The van der Waals surface area contributed by atoms with Crippen molar-refractivity contribution in [2.24, 2.45) is 0 Å². The van der Waals surface area contributed by atoms with Gasteiger partial charge >= 0.3 is 0 Å². The predicted octanol–water partition coefficient (Wildman–Crippen LogP) is 1.22. The van der Waals surface area contributed by atoms with Crippen LogP contribution in [0.4, 0.5) is 0 Å². The first kappa shape index (κ1) is 13.6. The lowest BCUT2D eigenvalue weighted by atomic mass is 10.0. The monoisotopic (exact) mass is 301 g/mol. The summed E-state index contributed by atoms with van der Waals surface area (Å²) in [5.41, 5.74) is 0.972. The maximum absolute atomic E-state index is 10.2. The van der Waals surface area contributed by atoms with Crippen LogP contribution in [0.2, 0.25) is 0 Å². The first-order valence-electron chi connectivity index (χ1n) is 7.64. The smallest absolute Gasteiger partial charge is 0.162 e. The molecule has 2 aromatic rings. The summed E-state index contributed by atoms with van der Waals surface area (Å²) in [7, 11) is 0. The van der Waals surface area contributed by atoms with Crippen LogP contribution in [-0.4, -0.2) is 47.1 Å². The van der Waals surface area contributed by atoms with Gasteiger partial charge in [-0.15, -0.1) is 0 Å². The second-order valence-electron chi connectivity index (χ2n) is 5.64. The summed E-state index contributed by atoms with van der Waals surface area (Å²) in [4.78, 5) is 4.48. The lowest BCUT2D eigenvalue weighted by Gasteiger charge is -2.30. The normalized spacial score (nSPS) is 24.2. The van der Waals surface area contributed by atoms with Crippen LogP contribution in [0.1, 0.15) is 12.5 Å². The van der Waals surface area contributed by atoms with E-state index in [0.29, 0.717) is 19.8 Å². The van der Waals surface area contributed by atoms with Crippen molar-refractivity contribution in [1.29, 1.82) is 0 Å². The summed E-state index contributed by atoms with van der Waals surface area (Å²) in [5, 5.41) is 13.5. The first-order valence-corrected chi connectivity index (χ1v) is 7.64. The van der Waals surface area contributed by atoms with Crippen molar-refractivity contribution < 1.29 is 14.6 Å². The van der Waals surface area contributed by atoms with Gasteiger partial charge in [0.05, 0.1) is 12.1 Å². The summed E-state index contributed by atoms with van der Waals surface area (Å²) in [6.07, 6.45) is 4.19. The molecular formula is C16H19N3O3. The molecule has 2 aliphatic heterocycles. The highest BCUT2D eigenvalue weighted by molar-refractivity contribution is 5.62. The van der Waals surface area contributed by atoms with Crippen molar-refractivity contribution >= 4 is 0 Å². The van der Waals surface area contributed by atoms with E-state index < -0.39 is 6.10 Å². The van der Waals surface area contributed by atoms with E-state index in [4.69, 9.17) is 9.47 Å². The molecular weight excluding hydrogens is 282 g/mol. The van der Waals surface area contributed by atoms with Crippen LogP contribution in [0.5, 0.6) is 11.5 Å². The molecule has 1 saturated heterocycles. The van der Waals surface area contributed by atoms with Crippen molar-refractivity contribution in [1.82, 2.24) is 14.9 Å². The molecule has 0 unspecified atom stereocenters. The van der Waals surface area contributed by atoms with Gasteiger partial charge in [0.25, 0.3) is 0 Å². The Bertz CT molecular complexity index is 670. The minimum absolute atomic E-state index is 0.0481. The minimum Gasteiger partial charge on any atom is -0.486 e. The number of aliphatic hydroxyl groups excluding tert-OH is 1. The second-order valence-corrected chi connectivity index (χ2v) is 5.64. The first-order chi connectivity index (χ1) is 10.8. The van der Waals surface area contributed by atoms with Gasteiger partial charge in [0.1, 0.15) is 19.0 Å². The van der Waals surface area contributed by atoms with Gasteiger partial charge in [0.2, 0.25) is 0 Å². The number of ether oxygens (including phenoxy) is 2. The molecule has 1 fully saturated rings. The zero-order chi connectivity index (χ0) is 14.9. The highest BCUT2D eigenvalue weighted by atomic mass is 16.6. The van der Waals surface area contributed by atoms with Crippen LogP contribution in [-0.2, 0) is 0 Å². The van der Waals surface area contributed by atoms with Crippen molar-refractivity contribution in [3.63, 3.8) is 0 Å². The zero-order valence-electron chi connectivity index (χ0n) is 12.2. The maximum atomic E-state index is 10.2. The van der Waals surface area contributed by atoms with Gasteiger partial charge in [-0.05, 0) is 31.2 Å². The number of aromatic nitrogens is 2. The average molecular weight is 301 g/mol. The molecule has 0 radical (unpaired) electrons. The number of β-amino-alcohol motifs (C(OH)–C–C–N with tert-alkyl or cyclic N) is 1. The molecule has 6 nitrogen and oxygen atoms in total. The van der Waals surface area contributed by atoms with Crippen LogP contribution in [0.3, 0.4) is 0 Å². The molecule has 116 valence electrons. The lowest BCUT2D eigenvalue weighted by Crippen LogP contribution is -2.41. The van der Waals surface area contributed by atoms with Gasteiger partial charge < -0.3 is 24.5 Å². The third-order valence-corrected chi connectivity index (χ3v) is 4.24. The highest BCUT2D eigenvalue weighted by Crippen LogP contribution is 2.35. The number of hydrogen-bond donors (Lipinski definition) is 2. The van der Waals surface area contributed by atoms with Crippen LogP contribution in [0.25, 0.3) is 11.4 Å². The largest absolute Gasteiger partial charge is 0.486 e. The maximum Gasteiger partial charge on any atom is 0.162 e. The van der Waals surface area contributed by atoms with Gasteiger partial charge in [0.15, 0.2) is 11.5 Å². The predicted molar refractivity (Wildman–Crippen MR) is 81.2 cm³/mol. The molecule has 0 saturated carbocycles. The quantitative estimate of drug-likeness (QED) is 0.873. The standard InChI is InChI=1S/C16H19N3O3/c20-13-10-17-4-3-12(13)19-6-5-18-16(19)11-1-2-14-15(9-11)22-8-7-21-14/h1-2,5-6,9,12-13,17,20H,3-4,7-8,10H2/t12-,13-/m0/s1. The van der Waals surface area contributed by atoms with Gasteiger partial charge in [-0.2, -0.15) is 0 Å². The van der Waals surface area contributed by atoms with E-state index in [1.165, 1.54) is 0 Å². The molecule has 6 heteroatoms. The fourth-order valence-corrected chi connectivity index (χ4v) is 3.14. The molecule has 2 aliphatic rings. The zero-order valence-corrected chi connectivity index (χ0v) is 12.2. The number of hydrogen-bond acceptors (Lipinski definition) is 5. The van der Waals surface area contributed by atoms with Crippen LogP contribution < -0.4 is 14.8 Å². The molecule has 0 bridgehead atoms. The number of benzene rings is 1. The number of nitrogens with zero attached hydrogens (tertiary/aromatic N) is 2. The Balaban J connectivity index is 1.70. The molecule has 2 atom stereocenters. The Labute approximate surface area is 128 Å². The van der Waals surface area contributed by atoms with Crippen LogP contribution >= 0.6 is 0 Å². The summed E-state index contributed by atoms with van der Waals surface area (Å²) in [5.74, 6) is 2.38. The van der Waals surface area contributed by atoms with E-state index in [9.17, 15) is 5.11 Å². The summed E-state index contributed by atoms with van der Waals surface area (Å²) < 4.78 is 13.3. The van der Waals surface area contributed by atoms with E-state index in [2.05, 4.69) is 14.9 Å². The molecule has 2 N–H and O–H groups in total. The summed E-state index contributed by atoms with van der Waals surface area (Å²) in [6.45, 7) is 2.67. The number of aliphatic hydroxyl groups is 1. The Morgan fingerprint density at radius 3 is 2.95 bits per heavy atom. The number of fused-ring (bicyclic) bond motifs is 1. The van der Waals surface area contributed by atoms with Gasteiger partial charge in [-0.3, -0.25) is 0 Å². The van der Waals surface area contributed by atoms with Crippen LogP contribution in [0, 0.1) is 0 Å². The fourth-order valence-electron chi connectivity index (χ4n) is 3.14. The summed E-state index contributed by atoms with van der Waals surface area (Å²) >= 11 is 0. The molecule has 22 heavy (non-hydrogen) atoms. The van der Waals surface area contributed by atoms with Crippen molar-refractivity contribution in [3.8, 4) is 22.9 Å². The molecule has 1 aromatic carbocycles. The third-order valence-electron chi connectivity index (χ3n) is 4.24. The molecule has 1 aromatic heterocycles. The van der Waals surface area contributed by atoms with Gasteiger partial charge in [0, 0.05) is 24.5 Å². The minimum atomic E-state index is -0.404. The SMILES string of the molecule is O[C@H]1CNCC[C@@H]1n1ccnc1-c1ccc2c(c1)OCCO2. The van der Waals surface area contributed by atoms with E-state index in [1.54, 1.807) is 6.20 Å². The number of rotatable bonds is 2. The Kier molecular flexibility index (Phi) is 3.48. The molecule has 0 spiro atoms. The number of nitrogens with one attached hydrogen (secondary N) is 1. The van der Waals surface area contributed by atoms with Crippen molar-refractivity contribution in [2.75, 3.05) is 26.3 Å². The lowest BCUT2D eigenvalue weighted by molar-refractivity contribution is 0.0880. The Hall–Kier alpha value is -2.05.